The molecule has 2 aliphatic rings. The van der Waals surface area contributed by atoms with Crippen LogP contribution >= 0.6 is 0 Å². The normalized spacial score (nSPS) is 17.4. The van der Waals surface area contributed by atoms with Gasteiger partial charge in [0.15, 0.2) is 11.5 Å². The lowest BCUT2D eigenvalue weighted by Gasteiger charge is -2.32. The molecule has 8 nitrogen and oxygen atoms in total. The maximum absolute atomic E-state index is 13.0. The van der Waals surface area contributed by atoms with Crippen LogP contribution in [0.4, 0.5) is 0 Å². The van der Waals surface area contributed by atoms with E-state index in [1.54, 1.807) is 37.3 Å². The topological polar surface area (TPSA) is 85.7 Å². The number of carbonyl (C=O) groups is 2. The minimum Gasteiger partial charge on any atom is -0.493 e. The summed E-state index contributed by atoms with van der Waals surface area (Å²) in [4.78, 5) is 27.1. The van der Waals surface area contributed by atoms with Gasteiger partial charge in [0.25, 0.3) is 11.8 Å². The fourth-order valence-electron chi connectivity index (χ4n) is 4.48. The summed E-state index contributed by atoms with van der Waals surface area (Å²) in [6.07, 6.45) is 9.77. The van der Waals surface area contributed by atoms with Crippen LogP contribution in [-0.2, 0) is 7.05 Å². The van der Waals surface area contributed by atoms with Gasteiger partial charge in [-0.2, -0.15) is 5.10 Å². The van der Waals surface area contributed by atoms with E-state index in [1.807, 2.05) is 17.0 Å². The number of hydrogen-bond acceptors (Lipinski definition) is 5. The first-order chi connectivity index (χ1) is 15.5. The Morgan fingerprint density at radius 1 is 1.09 bits per heavy atom. The summed E-state index contributed by atoms with van der Waals surface area (Å²) in [7, 11) is 3.39. The molecule has 0 spiro atoms. The Kier molecular flexibility index (Phi) is 6.97. The van der Waals surface area contributed by atoms with Gasteiger partial charge in [0.2, 0.25) is 0 Å². The van der Waals surface area contributed by atoms with Crippen molar-refractivity contribution >= 4 is 11.8 Å². The number of nitrogens with one attached hydrogen (secondary N) is 1. The van der Waals surface area contributed by atoms with E-state index in [9.17, 15) is 9.59 Å². The van der Waals surface area contributed by atoms with Gasteiger partial charge in [0, 0.05) is 38.4 Å². The molecule has 0 radical (unpaired) electrons. The molecule has 1 aliphatic heterocycles. The number of benzene rings is 1. The van der Waals surface area contributed by atoms with Gasteiger partial charge in [0.05, 0.1) is 25.0 Å². The highest BCUT2D eigenvalue weighted by Crippen LogP contribution is 2.33. The molecule has 172 valence electrons. The minimum atomic E-state index is -0.108. The van der Waals surface area contributed by atoms with E-state index in [4.69, 9.17) is 9.47 Å². The number of hydrogen-bond donors (Lipinski definition) is 1. The molecule has 1 aromatic carbocycles. The van der Waals surface area contributed by atoms with Gasteiger partial charge >= 0.3 is 0 Å². The number of piperidine rings is 1. The molecule has 0 atom stereocenters. The van der Waals surface area contributed by atoms with Gasteiger partial charge in [-0.1, -0.05) is 0 Å². The van der Waals surface area contributed by atoms with E-state index >= 15 is 0 Å². The lowest BCUT2D eigenvalue weighted by atomic mass is 9.96. The lowest BCUT2D eigenvalue weighted by molar-refractivity contribution is 0.0684. The van der Waals surface area contributed by atoms with Crippen LogP contribution in [0.25, 0.3) is 0 Å². The number of nitrogens with zero attached hydrogens (tertiary/aromatic N) is 3. The van der Waals surface area contributed by atoms with Gasteiger partial charge in [-0.25, -0.2) is 0 Å². The molecule has 1 saturated carbocycles. The van der Waals surface area contributed by atoms with Crippen molar-refractivity contribution in [2.75, 3.05) is 26.7 Å². The van der Waals surface area contributed by atoms with Crippen molar-refractivity contribution in [1.82, 2.24) is 20.0 Å². The number of amides is 2. The summed E-state index contributed by atoms with van der Waals surface area (Å²) in [5.74, 6) is 1.57. The first-order valence-electron chi connectivity index (χ1n) is 11.4. The Hall–Kier alpha value is -3.03. The third-order valence-electron chi connectivity index (χ3n) is 6.43. The van der Waals surface area contributed by atoms with Crippen molar-refractivity contribution < 1.29 is 19.1 Å². The highest BCUT2D eigenvalue weighted by Gasteiger charge is 2.25. The summed E-state index contributed by atoms with van der Waals surface area (Å²) in [5, 5.41) is 7.01. The van der Waals surface area contributed by atoms with E-state index in [1.165, 1.54) is 12.8 Å². The molecular weight excluding hydrogens is 408 g/mol. The fraction of sp³-hybridized carbons (Fsp3) is 0.542. The van der Waals surface area contributed by atoms with Crippen LogP contribution in [0.2, 0.25) is 0 Å². The number of rotatable bonds is 7. The van der Waals surface area contributed by atoms with Crippen molar-refractivity contribution in [3.63, 3.8) is 0 Å². The van der Waals surface area contributed by atoms with Crippen LogP contribution in [0, 0.1) is 5.92 Å². The van der Waals surface area contributed by atoms with Crippen LogP contribution in [-0.4, -0.2) is 59.3 Å². The van der Waals surface area contributed by atoms with Crippen molar-refractivity contribution in [3.8, 4) is 11.5 Å². The second kappa shape index (κ2) is 10.1. The molecule has 1 saturated heterocycles. The SMILES string of the molecule is COc1cc(C(=O)N2CCC(CNC(=O)c3cnn(C)c3)CC2)ccc1OC1CCCC1. The molecule has 2 amide bonds. The van der Waals surface area contributed by atoms with E-state index in [0.29, 0.717) is 48.2 Å². The average Bonchev–Trinajstić information content (AvgIpc) is 3.49. The zero-order valence-electron chi connectivity index (χ0n) is 18.9. The molecule has 2 aromatic rings. The molecule has 2 fully saturated rings. The second-order valence-corrected chi connectivity index (χ2v) is 8.74. The maximum atomic E-state index is 13.0. The number of methoxy groups -OCH3 is 1. The Morgan fingerprint density at radius 2 is 1.84 bits per heavy atom. The smallest absolute Gasteiger partial charge is 0.254 e. The number of aryl methyl sites for hydroxylation is 1. The number of carbonyl (C=O) groups excluding carboxylic acids is 2. The first-order valence-corrected chi connectivity index (χ1v) is 11.4. The molecule has 2 heterocycles. The van der Waals surface area contributed by atoms with Crippen LogP contribution in [0.15, 0.2) is 30.6 Å². The summed E-state index contributed by atoms with van der Waals surface area (Å²) in [5.41, 5.74) is 1.18. The third-order valence-corrected chi connectivity index (χ3v) is 6.43. The molecule has 4 rings (SSSR count). The van der Waals surface area contributed by atoms with Crippen LogP contribution < -0.4 is 14.8 Å². The molecule has 8 heteroatoms. The zero-order chi connectivity index (χ0) is 22.5. The van der Waals surface area contributed by atoms with Crippen LogP contribution in [0.1, 0.15) is 59.2 Å². The van der Waals surface area contributed by atoms with Crippen molar-refractivity contribution in [1.29, 1.82) is 0 Å². The Morgan fingerprint density at radius 3 is 2.50 bits per heavy atom. The van der Waals surface area contributed by atoms with E-state index in [0.717, 1.165) is 25.7 Å². The minimum absolute atomic E-state index is 0.00793. The number of likely N-dealkylation sites (tertiary alicyclic amines) is 1. The Bertz CT molecular complexity index is 943. The fourth-order valence-corrected chi connectivity index (χ4v) is 4.48. The molecule has 32 heavy (non-hydrogen) atoms. The van der Waals surface area contributed by atoms with Gasteiger partial charge in [-0.3, -0.25) is 14.3 Å². The molecular formula is C24H32N4O4. The monoisotopic (exact) mass is 440 g/mol. The summed E-state index contributed by atoms with van der Waals surface area (Å²) in [6.45, 7) is 1.96. The highest BCUT2D eigenvalue weighted by molar-refractivity contribution is 5.95. The molecule has 1 N–H and O–H groups in total. The Labute approximate surface area is 188 Å². The Balaban J connectivity index is 1.28. The maximum Gasteiger partial charge on any atom is 0.254 e. The average molecular weight is 441 g/mol. The first kappa shape index (κ1) is 22.2. The molecule has 1 aliphatic carbocycles. The largest absolute Gasteiger partial charge is 0.493 e. The van der Waals surface area contributed by atoms with Crippen molar-refractivity contribution in [2.45, 2.75) is 44.6 Å². The summed E-state index contributed by atoms with van der Waals surface area (Å²) >= 11 is 0. The molecule has 1 aromatic heterocycles. The van der Waals surface area contributed by atoms with Crippen molar-refractivity contribution in [2.24, 2.45) is 13.0 Å². The van der Waals surface area contributed by atoms with Gasteiger partial charge < -0.3 is 19.7 Å². The zero-order valence-corrected chi connectivity index (χ0v) is 18.9. The van der Waals surface area contributed by atoms with E-state index < -0.39 is 0 Å². The molecule has 0 unspecified atom stereocenters. The number of ether oxygens (including phenoxy) is 2. The molecule has 0 bridgehead atoms. The number of aromatic nitrogens is 2. The van der Waals surface area contributed by atoms with E-state index in [-0.39, 0.29) is 17.9 Å². The van der Waals surface area contributed by atoms with E-state index in [2.05, 4.69) is 10.4 Å². The lowest BCUT2D eigenvalue weighted by Crippen LogP contribution is -2.41. The standard InChI is InChI=1S/C24H32N4O4/c1-27-16-19(15-26-27)23(29)25-14-17-9-11-28(12-10-17)24(30)18-7-8-21(22(13-18)31-2)32-20-5-3-4-6-20/h7-8,13,15-17,20H,3-6,9-12,14H2,1-2H3,(H,25,29). The quantitative estimate of drug-likeness (QED) is 0.715. The predicted octanol–water partition coefficient (Wildman–Crippen LogP) is 3.03. The van der Waals surface area contributed by atoms with Gasteiger partial charge in [-0.15, -0.1) is 0 Å². The third kappa shape index (κ3) is 5.23. The predicted molar refractivity (Wildman–Crippen MR) is 120 cm³/mol. The van der Waals surface area contributed by atoms with Crippen molar-refractivity contribution in [3.05, 3.63) is 41.7 Å². The highest BCUT2D eigenvalue weighted by atomic mass is 16.5. The van der Waals surface area contributed by atoms with Gasteiger partial charge in [-0.05, 0) is 62.6 Å². The van der Waals surface area contributed by atoms with Crippen LogP contribution in [0.3, 0.4) is 0 Å². The summed E-state index contributed by atoms with van der Waals surface area (Å²) < 4.78 is 13.2. The second-order valence-electron chi connectivity index (χ2n) is 8.74. The van der Waals surface area contributed by atoms with Crippen LogP contribution in [0.5, 0.6) is 11.5 Å². The summed E-state index contributed by atoms with van der Waals surface area (Å²) in [6, 6.07) is 5.47. The van der Waals surface area contributed by atoms with Gasteiger partial charge in [0.1, 0.15) is 0 Å².